The number of quaternary nitrogens is 1. The second-order valence-corrected chi connectivity index (χ2v) is 20.1. The lowest BCUT2D eigenvalue weighted by atomic mass is 9.65. The third-order valence-corrected chi connectivity index (χ3v) is 15.6. The predicted molar refractivity (Wildman–Crippen MR) is 224 cm³/mol. The zero-order valence-electron chi connectivity index (χ0n) is 34.3. The molecule has 11 nitrogen and oxygen atoms in total. The number of thiazole rings is 2. The summed E-state index contributed by atoms with van der Waals surface area (Å²) in [5, 5.41) is 20.7. The summed E-state index contributed by atoms with van der Waals surface area (Å²) >= 11 is 3.30. The second-order valence-electron chi connectivity index (χ2n) is 18.1. The highest BCUT2D eigenvalue weighted by molar-refractivity contribution is 7.16. The Bertz CT molecular complexity index is 2190. The number of nitrogens with one attached hydrogen (secondary N) is 1. The average Bonchev–Trinajstić information content (AvgIpc) is 3.80. The maximum Gasteiger partial charge on any atom is 0.337 e. The molecule has 4 heterocycles. The number of allylic oxidation sites excluding steroid dienone is 2. The van der Waals surface area contributed by atoms with Gasteiger partial charge in [-0.15, -0.1) is 11.3 Å². The van der Waals surface area contributed by atoms with Gasteiger partial charge in [0.2, 0.25) is 5.82 Å². The van der Waals surface area contributed by atoms with Crippen molar-refractivity contribution in [3.8, 4) is 0 Å². The van der Waals surface area contributed by atoms with Gasteiger partial charge < -0.3 is 15.1 Å². The fourth-order valence-electron chi connectivity index (χ4n) is 8.24. The normalized spacial score (nSPS) is 23.4. The molecule has 0 spiro atoms. The van der Waals surface area contributed by atoms with Gasteiger partial charge in [0.1, 0.15) is 5.82 Å². The summed E-state index contributed by atoms with van der Waals surface area (Å²) in [4.78, 5) is 62.3. The highest BCUT2D eigenvalue weighted by atomic mass is 32.1. The number of carboxylic acid groups (broad SMARTS) is 2. The number of aromatic nitrogens is 4. The molecule has 7 rings (SSSR count). The molecule has 0 bridgehead atoms. The molecule has 57 heavy (non-hydrogen) atoms. The molecule has 1 fully saturated rings. The predicted octanol–water partition coefficient (Wildman–Crippen LogP) is 9.13. The van der Waals surface area contributed by atoms with Crippen LogP contribution in [0.5, 0.6) is 0 Å². The van der Waals surface area contributed by atoms with Crippen LogP contribution in [0.2, 0.25) is 0 Å². The lowest BCUT2D eigenvalue weighted by Crippen LogP contribution is -3.06. The second kappa shape index (κ2) is 15.4. The summed E-state index contributed by atoms with van der Waals surface area (Å²) in [5.74, 6) is -0.132. The molecule has 3 aliphatic rings. The molecule has 1 amide bonds. The Labute approximate surface area is 343 Å². The number of hydrogen-bond donors (Lipinski definition) is 3. The van der Waals surface area contributed by atoms with E-state index in [9.17, 15) is 24.6 Å². The molecule has 0 saturated heterocycles. The molecule has 4 aromatic rings. The highest BCUT2D eigenvalue weighted by Gasteiger charge is 2.47. The molecule has 0 radical (unpaired) electrons. The zero-order valence-corrected chi connectivity index (χ0v) is 35.9. The van der Waals surface area contributed by atoms with Crippen molar-refractivity contribution in [1.29, 1.82) is 0 Å². The number of fused-ring (bicyclic) bond motifs is 2. The lowest BCUT2D eigenvalue weighted by Gasteiger charge is -2.40. The van der Waals surface area contributed by atoms with E-state index in [1.54, 1.807) is 40.9 Å². The van der Waals surface area contributed by atoms with Crippen LogP contribution in [0.15, 0.2) is 48.8 Å². The van der Waals surface area contributed by atoms with Crippen molar-refractivity contribution < 1.29 is 29.5 Å². The Balaban J connectivity index is 1.18. The molecular weight excluding hydrogens is 757 g/mol. The lowest BCUT2D eigenvalue weighted by molar-refractivity contribution is -0.678. The van der Waals surface area contributed by atoms with E-state index in [2.05, 4.69) is 82.4 Å². The molecule has 302 valence electrons. The maximum atomic E-state index is 14.1. The number of aromatic carboxylic acids is 2. The number of anilines is 2. The topological polar surface area (TPSA) is 151 Å². The first-order chi connectivity index (χ1) is 26.9. The summed E-state index contributed by atoms with van der Waals surface area (Å²) < 4.78 is 0. The minimum absolute atomic E-state index is 0.0453. The van der Waals surface area contributed by atoms with Crippen LogP contribution in [0.25, 0.3) is 0 Å². The summed E-state index contributed by atoms with van der Waals surface area (Å²) in [6.07, 6.45) is 13.8. The fourth-order valence-corrected chi connectivity index (χ4v) is 10.9. The Morgan fingerprint density at radius 1 is 0.912 bits per heavy atom. The number of pyridine rings is 2. The minimum atomic E-state index is -1.06. The molecular formula is C44H55N6O5S2+. The molecule has 3 aliphatic carbocycles. The van der Waals surface area contributed by atoms with Gasteiger partial charge >= 0.3 is 17.8 Å². The number of carboxylic acids is 2. The van der Waals surface area contributed by atoms with E-state index in [4.69, 9.17) is 9.97 Å². The Morgan fingerprint density at radius 2 is 1.60 bits per heavy atom. The van der Waals surface area contributed by atoms with Gasteiger partial charge in [-0.05, 0) is 68.6 Å². The standard InChI is InChI=1S/C44H54N6O5S2/c1-25(24-49(31-14-12-29(22-45-31)38(52)53)40-47-33-27(3)26(2)17-18-42(4,5)35(33)56-40)16-19-44(8)21-20-43(6,7)36-34(44)48-41(57-36)50(37(51)28-10-9-11-28)32-15-13-30(23-46-32)39(54)55/h12-15,17-18,22-23,25-28H,9-11,16,19-21,24H2,1-8H3,(H,52,53)(H,54,55)/p+1. The van der Waals surface area contributed by atoms with E-state index < -0.39 is 11.9 Å². The first-order valence-electron chi connectivity index (χ1n) is 20.2. The number of nitrogens with zero attached hydrogens (tertiary/aromatic N) is 5. The van der Waals surface area contributed by atoms with Gasteiger partial charge in [0.05, 0.1) is 28.4 Å². The Hall–Kier alpha value is -4.33. The average molecular weight is 812 g/mol. The molecule has 1 saturated carbocycles. The van der Waals surface area contributed by atoms with Crippen molar-refractivity contribution in [3.05, 3.63) is 81.1 Å². The SMILES string of the molecule is CC(CCC1(C)CCC(C)(C)c2sc([NH+](C(=O)C3CCC3)c3ccc(C(=O)O)cn3)nc21)CN(c1ccc(C(=O)O)cn1)c1nc2c(s1)C(C)(C)C=CC(C)C2C. The van der Waals surface area contributed by atoms with Gasteiger partial charge in [0, 0.05) is 56.9 Å². The molecule has 0 aliphatic heterocycles. The van der Waals surface area contributed by atoms with Crippen molar-refractivity contribution in [1.82, 2.24) is 19.9 Å². The highest BCUT2D eigenvalue weighted by Crippen LogP contribution is 2.51. The van der Waals surface area contributed by atoms with E-state index in [1.807, 2.05) is 0 Å². The van der Waals surface area contributed by atoms with Gasteiger partial charge in [-0.2, -0.15) is 9.88 Å². The van der Waals surface area contributed by atoms with Crippen molar-refractivity contribution >= 4 is 62.4 Å². The molecule has 13 heteroatoms. The van der Waals surface area contributed by atoms with Crippen molar-refractivity contribution in [2.24, 2.45) is 17.8 Å². The monoisotopic (exact) mass is 811 g/mol. The largest absolute Gasteiger partial charge is 0.478 e. The van der Waals surface area contributed by atoms with Gasteiger partial charge in [0.25, 0.3) is 5.13 Å². The number of carbonyl (C=O) groups excluding carboxylic acids is 1. The first-order valence-corrected chi connectivity index (χ1v) is 21.8. The van der Waals surface area contributed by atoms with E-state index in [-0.39, 0.29) is 51.0 Å². The van der Waals surface area contributed by atoms with E-state index in [1.165, 1.54) is 28.2 Å². The van der Waals surface area contributed by atoms with Gasteiger partial charge in [0.15, 0.2) is 5.13 Å². The maximum absolute atomic E-state index is 14.1. The van der Waals surface area contributed by atoms with Crippen LogP contribution in [0.1, 0.15) is 148 Å². The van der Waals surface area contributed by atoms with Crippen LogP contribution in [-0.2, 0) is 21.0 Å². The molecule has 5 unspecified atom stereocenters. The van der Waals surface area contributed by atoms with Crippen molar-refractivity contribution in [2.45, 2.75) is 122 Å². The molecule has 3 N–H and O–H groups in total. The molecule has 4 aromatic heterocycles. The summed E-state index contributed by atoms with van der Waals surface area (Å²) in [6.45, 7) is 18.7. The number of hydrogen-bond acceptors (Lipinski definition) is 10. The van der Waals surface area contributed by atoms with Crippen molar-refractivity contribution in [3.63, 3.8) is 0 Å². The Morgan fingerprint density at radius 3 is 2.19 bits per heavy atom. The Kier molecular flexibility index (Phi) is 11.1. The van der Waals surface area contributed by atoms with Gasteiger partial charge in [-0.25, -0.2) is 29.3 Å². The first kappa shape index (κ1) is 40.9. The number of amides is 1. The van der Waals surface area contributed by atoms with Crippen LogP contribution in [0.3, 0.4) is 0 Å². The van der Waals surface area contributed by atoms with Crippen LogP contribution in [0.4, 0.5) is 21.9 Å². The fraction of sp³-hybridized carbons (Fsp3) is 0.523. The third kappa shape index (κ3) is 7.94. The van der Waals surface area contributed by atoms with E-state index in [0.717, 1.165) is 61.5 Å². The smallest absolute Gasteiger partial charge is 0.337 e. The van der Waals surface area contributed by atoms with Crippen molar-refractivity contribution in [2.75, 3.05) is 11.4 Å². The summed E-state index contributed by atoms with van der Waals surface area (Å²) in [5.41, 5.74) is 1.87. The zero-order chi connectivity index (χ0) is 41.0. The van der Waals surface area contributed by atoms with Crippen LogP contribution < -0.4 is 9.80 Å². The van der Waals surface area contributed by atoms with Gasteiger partial charge in [-0.1, -0.05) is 85.3 Å². The minimum Gasteiger partial charge on any atom is -0.478 e. The number of rotatable bonds is 12. The van der Waals surface area contributed by atoms with Gasteiger partial charge in [-0.3, -0.25) is 0 Å². The molecule has 5 atom stereocenters. The number of carbonyl (C=O) groups is 3. The van der Waals surface area contributed by atoms with Crippen LogP contribution in [-0.4, -0.2) is 54.5 Å². The summed E-state index contributed by atoms with van der Waals surface area (Å²) in [7, 11) is 0. The van der Waals surface area contributed by atoms with Crippen LogP contribution in [0, 0.1) is 17.8 Å². The quantitative estimate of drug-likeness (QED) is 0.118. The third-order valence-electron chi connectivity index (χ3n) is 12.8. The van der Waals surface area contributed by atoms with E-state index >= 15 is 0 Å². The van der Waals surface area contributed by atoms with Crippen LogP contribution >= 0.6 is 22.7 Å². The van der Waals surface area contributed by atoms with E-state index in [0.29, 0.717) is 34.1 Å². The molecule has 0 aromatic carbocycles. The summed E-state index contributed by atoms with van der Waals surface area (Å²) in [6, 6.07) is 6.57.